The maximum Gasteiger partial charge on any atom is 0.163 e. The van der Waals surface area contributed by atoms with E-state index < -0.39 is 0 Å². The number of fused-ring (bicyclic) bond motifs is 2. The molecule has 5 rings (SSSR count). The Labute approximate surface area is 162 Å². The monoisotopic (exact) mass is 370 g/mol. The molecule has 2 aromatic heterocycles. The number of pyridine rings is 1. The Kier molecular flexibility index (Phi) is 4.21. The Morgan fingerprint density at radius 2 is 1.75 bits per heavy atom. The predicted molar refractivity (Wildman–Crippen MR) is 108 cm³/mol. The highest BCUT2D eigenvalue weighted by Gasteiger charge is 2.13. The minimum Gasteiger partial charge on any atom is -0.490 e. The number of rotatable bonds is 3. The van der Waals surface area contributed by atoms with Crippen molar-refractivity contribution in [3.05, 3.63) is 67.0 Å². The number of anilines is 2. The van der Waals surface area contributed by atoms with Gasteiger partial charge >= 0.3 is 0 Å². The average molecular weight is 370 g/mol. The van der Waals surface area contributed by atoms with E-state index in [9.17, 15) is 0 Å². The Morgan fingerprint density at radius 3 is 2.64 bits per heavy atom. The van der Waals surface area contributed by atoms with Crippen molar-refractivity contribution >= 4 is 22.4 Å². The van der Waals surface area contributed by atoms with Gasteiger partial charge in [0.2, 0.25) is 0 Å². The summed E-state index contributed by atoms with van der Waals surface area (Å²) in [7, 11) is 0. The summed E-state index contributed by atoms with van der Waals surface area (Å²) < 4.78 is 11.5. The van der Waals surface area contributed by atoms with E-state index in [2.05, 4.69) is 10.3 Å². The van der Waals surface area contributed by atoms with Gasteiger partial charge in [0, 0.05) is 41.5 Å². The van der Waals surface area contributed by atoms with Crippen LogP contribution in [0.3, 0.4) is 0 Å². The van der Waals surface area contributed by atoms with Crippen molar-refractivity contribution < 1.29 is 9.47 Å². The molecule has 0 saturated carbocycles. The number of para-hydroxylation sites is 1. The molecule has 0 atom stereocenters. The second-order valence-corrected chi connectivity index (χ2v) is 6.49. The van der Waals surface area contributed by atoms with Gasteiger partial charge in [0.1, 0.15) is 5.82 Å². The summed E-state index contributed by atoms with van der Waals surface area (Å²) in [6.07, 6.45) is 4.38. The van der Waals surface area contributed by atoms with Crippen LogP contribution >= 0.6 is 0 Å². The maximum atomic E-state index is 5.80. The molecule has 0 unspecified atom stereocenters. The molecule has 0 bridgehead atoms. The normalized spacial score (nSPS) is 13.1. The van der Waals surface area contributed by atoms with E-state index in [1.165, 1.54) is 0 Å². The van der Waals surface area contributed by atoms with Crippen molar-refractivity contribution in [3.8, 4) is 22.9 Å². The first kappa shape index (κ1) is 16.5. The zero-order valence-electron chi connectivity index (χ0n) is 15.1. The van der Waals surface area contributed by atoms with Crippen LogP contribution in [0.1, 0.15) is 6.42 Å². The van der Waals surface area contributed by atoms with Crippen LogP contribution in [0.2, 0.25) is 0 Å². The van der Waals surface area contributed by atoms with Crippen molar-refractivity contribution in [2.24, 2.45) is 0 Å². The van der Waals surface area contributed by atoms with Crippen molar-refractivity contribution in [2.75, 3.05) is 18.5 Å². The SMILES string of the molecule is c1cncc(-c2nc(Nc3ccc4c(c3)OCCCO4)c3ccccc3n2)c1. The number of aromatic nitrogens is 3. The molecule has 1 N–H and O–H groups in total. The van der Waals surface area contributed by atoms with E-state index in [4.69, 9.17) is 19.4 Å². The van der Waals surface area contributed by atoms with E-state index in [0.717, 1.165) is 45.9 Å². The third kappa shape index (κ3) is 3.20. The van der Waals surface area contributed by atoms with Gasteiger partial charge < -0.3 is 14.8 Å². The van der Waals surface area contributed by atoms with Crippen molar-refractivity contribution in [1.29, 1.82) is 0 Å². The highest BCUT2D eigenvalue weighted by molar-refractivity contribution is 5.92. The summed E-state index contributed by atoms with van der Waals surface area (Å²) in [5, 5.41) is 4.37. The van der Waals surface area contributed by atoms with Gasteiger partial charge in [-0.1, -0.05) is 12.1 Å². The molecule has 6 heteroatoms. The molecule has 28 heavy (non-hydrogen) atoms. The molecule has 3 heterocycles. The standard InChI is InChI=1S/C22H18N4O2/c1-2-7-18-17(6-1)22(26-21(25-18)15-5-3-10-23-14-15)24-16-8-9-19-20(13-16)28-12-4-11-27-19/h1-3,5-10,13-14H,4,11-12H2,(H,24,25,26). The van der Waals surface area contributed by atoms with Crippen LogP contribution in [0.4, 0.5) is 11.5 Å². The van der Waals surface area contributed by atoms with Crippen molar-refractivity contribution in [3.63, 3.8) is 0 Å². The van der Waals surface area contributed by atoms with Gasteiger partial charge in [-0.05, 0) is 36.4 Å². The summed E-state index contributed by atoms with van der Waals surface area (Å²) in [4.78, 5) is 13.6. The highest BCUT2D eigenvalue weighted by Crippen LogP contribution is 2.34. The molecule has 2 aromatic carbocycles. The molecule has 1 aliphatic rings. The zero-order valence-corrected chi connectivity index (χ0v) is 15.1. The summed E-state index contributed by atoms with van der Waals surface area (Å²) in [6.45, 7) is 1.32. The lowest BCUT2D eigenvalue weighted by atomic mass is 10.2. The molecular formula is C22H18N4O2. The molecule has 0 spiro atoms. The molecule has 0 amide bonds. The van der Waals surface area contributed by atoms with Crippen molar-refractivity contribution in [2.45, 2.75) is 6.42 Å². The van der Waals surface area contributed by atoms with Gasteiger partial charge in [-0.2, -0.15) is 0 Å². The van der Waals surface area contributed by atoms with Gasteiger partial charge in [-0.3, -0.25) is 4.98 Å². The van der Waals surface area contributed by atoms with E-state index in [1.54, 1.807) is 12.4 Å². The van der Waals surface area contributed by atoms with Crippen LogP contribution in [0.15, 0.2) is 67.0 Å². The van der Waals surface area contributed by atoms with E-state index in [-0.39, 0.29) is 0 Å². The first-order chi connectivity index (χ1) is 13.9. The molecule has 138 valence electrons. The van der Waals surface area contributed by atoms with Crippen LogP contribution in [0.5, 0.6) is 11.5 Å². The van der Waals surface area contributed by atoms with Crippen molar-refractivity contribution in [1.82, 2.24) is 15.0 Å². The van der Waals surface area contributed by atoms with Gasteiger partial charge in [-0.15, -0.1) is 0 Å². The van der Waals surface area contributed by atoms with Crippen LogP contribution in [0.25, 0.3) is 22.3 Å². The molecular weight excluding hydrogens is 352 g/mol. The second kappa shape index (κ2) is 7.15. The molecule has 4 aromatic rings. The average Bonchev–Trinajstić information content (AvgIpc) is 2.99. The molecule has 0 aliphatic carbocycles. The summed E-state index contributed by atoms with van der Waals surface area (Å²) in [5.74, 6) is 2.88. The van der Waals surface area contributed by atoms with Gasteiger partial charge in [0.25, 0.3) is 0 Å². The minimum absolute atomic E-state index is 0.628. The predicted octanol–water partition coefficient (Wildman–Crippen LogP) is 4.60. The lowest BCUT2D eigenvalue weighted by Gasteiger charge is -2.13. The van der Waals surface area contributed by atoms with Gasteiger partial charge in [0.05, 0.1) is 18.7 Å². The molecule has 1 aliphatic heterocycles. The third-order valence-corrected chi connectivity index (χ3v) is 4.53. The number of nitrogens with zero attached hydrogens (tertiary/aromatic N) is 3. The lowest BCUT2D eigenvalue weighted by Crippen LogP contribution is -2.00. The van der Waals surface area contributed by atoms with Gasteiger partial charge in [-0.25, -0.2) is 9.97 Å². The number of hydrogen-bond acceptors (Lipinski definition) is 6. The Hall–Kier alpha value is -3.67. The lowest BCUT2D eigenvalue weighted by molar-refractivity contribution is 0.297. The Bertz CT molecular complexity index is 1130. The van der Waals surface area contributed by atoms with Crippen LogP contribution in [-0.4, -0.2) is 28.2 Å². The van der Waals surface area contributed by atoms with Crippen LogP contribution in [0, 0.1) is 0 Å². The minimum atomic E-state index is 0.628. The summed E-state index contributed by atoms with van der Waals surface area (Å²) in [6, 6.07) is 17.6. The number of nitrogens with one attached hydrogen (secondary N) is 1. The van der Waals surface area contributed by atoms with Crippen LogP contribution < -0.4 is 14.8 Å². The molecule has 0 saturated heterocycles. The molecule has 0 fully saturated rings. The summed E-state index contributed by atoms with van der Waals surface area (Å²) in [5.41, 5.74) is 2.62. The molecule has 6 nitrogen and oxygen atoms in total. The first-order valence-corrected chi connectivity index (χ1v) is 9.21. The quantitative estimate of drug-likeness (QED) is 0.568. The van der Waals surface area contributed by atoms with E-state index in [1.807, 2.05) is 54.6 Å². The largest absolute Gasteiger partial charge is 0.490 e. The summed E-state index contributed by atoms with van der Waals surface area (Å²) >= 11 is 0. The second-order valence-electron chi connectivity index (χ2n) is 6.49. The van der Waals surface area contributed by atoms with E-state index in [0.29, 0.717) is 19.0 Å². The van der Waals surface area contributed by atoms with Gasteiger partial charge in [0.15, 0.2) is 17.3 Å². The topological polar surface area (TPSA) is 69.2 Å². The first-order valence-electron chi connectivity index (χ1n) is 9.21. The Balaban J connectivity index is 1.57. The molecule has 0 radical (unpaired) electrons. The third-order valence-electron chi connectivity index (χ3n) is 4.53. The fourth-order valence-corrected chi connectivity index (χ4v) is 3.17. The van der Waals surface area contributed by atoms with Crippen LogP contribution in [-0.2, 0) is 0 Å². The Morgan fingerprint density at radius 1 is 0.857 bits per heavy atom. The number of hydrogen-bond donors (Lipinski definition) is 1. The number of benzene rings is 2. The maximum absolute atomic E-state index is 5.80. The fraction of sp³-hybridized carbons (Fsp3) is 0.136. The smallest absolute Gasteiger partial charge is 0.163 e. The highest BCUT2D eigenvalue weighted by atomic mass is 16.5. The fourth-order valence-electron chi connectivity index (χ4n) is 3.17. The number of ether oxygens (including phenoxy) is 2. The zero-order chi connectivity index (χ0) is 18.8. The van der Waals surface area contributed by atoms with E-state index >= 15 is 0 Å².